The molecule has 0 aliphatic carbocycles. The average Bonchev–Trinajstić information content (AvgIpc) is 2.85. The van der Waals surface area contributed by atoms with Crippen LogP contribution >= 0.6 is 11.3 Å². The molecule has 0 fully saturated rings. The number of thiazole rings is 1. The van der Waals surface area contributed by atoms with E-state index in [2.05, 4.69) is 20.6 Å². The molecule has 2 aromatic heterocycles. The molecular formula is C13H14N4O2S. The number of carbonyl (C=O) groups excluding carboxylic acids is 2. The smallest absolute Gasteiger partial charge is 0.271 e. The summed E-state index contributed by atoms with van der Waals surface area (Å²) >= 11 is 1.21. The molecule has 0 aliphatic heterocycles. The minimum Gasteiger partial charge on any atom is -0.347 e. The third-order valence-electron chi connectivity index (χ3n) is 2.45. The van der Waals surface area contributed by atoms with Gasteiger partial charge in [0.05, 0.1) is 0 Å². The van der Waals surface area contributed by atoms with Crippen molar-refractivity contribution in [3.8, 4) is 0 Å². The van der Waals surface area contributed by atoms with Gasteiger partial charge in [0.1, 0.15) is 5.69 Å². The second-order valence-electron chi connectivity index (χ2n) is 4.21. The quantitative estimate of drug-likeness (QED) is 0.898. The van der Waals surface area contributed by atoms with E-state index in [0.717, 1.165) is 11.3 Å². The van der Waals surface area contributed by atoms with Crippen molar-refractivity contribution >= 4 is 28.3 Å². The van der Waals surface area contributed by atoms with Gasteiger partial charge in [-0.05, 0) is 18.6 Å². The molecular weight excluding hydrogens is 276 g/mol. The summed E-state index contributed by atoms with van der Waals surface area (Å²) in [7, 11) is 0. The van der Waals surface area contributed by atoms with Gasteiger partial charge in [0, 0.05) is 30.7 Å². The van der Waals surface area contributed by atoms with Gasteiger partial charge in [-0.1, -0.05) is 6.07 Å². The monoisotopic (exact) mass is 290 g/mol. The number of anilines is 1. The van der Waals surface area contributed by atoms with Crippen molar-refractivity contribution in [3.05, 3.63) is 40.7 Å². The summed E-state index contributed by atoms with van der Waals surface area (Å²) in [5.41, 5.74) is 2.14. The predicted octanol–water partition coefficient (Wildman–Crippen LogP) is 1.73. The number of hydrogen-bond acceptors (Lipinski definition) is 5. The summed E-state index contributed by atoms with van der Waals surface area (Å²) in [6.45, 7) is 3.69. The molecule has 0 saturated carbocycles. The number of rotatable bonds is 4. The molecule has 0 radical (unpaired) electrons. The van der Waals surface area contributed by atoms with E-state index in [1.165, 1.54) is 18.3 Å². The Kier molecular flexibility index (Phi) is 4.41. The van der Waals surface area contributed by atoms with Gasteiger partial charge in [-0.25, -0.2) is 4.98 Å². The Morgan fingerprint density at radius 2 is 2.15 bits per heavy atom. The Morgan fingerprint density at radius 3 is 2.80 bits per heavy atom. The van der Waals surface area contributed by atoms with Crippen LogP contribution in [-0.4, -0.2) is 21.8 Å². The van der Waals surface area contributed by atoms with Crippen molar-refractivity contribution in [2.45, 2.75) is 20.4 Å². The van der Waals surface area contributed by atoms with Gasteiger partial charge < -0.3 is 10.6 Å². The Morgan fingerprint density at radius 1 is 1.35 bits per heavy atom. The highest BCUT2D eigenvalue weighted by Gasteiger charge is 2.11. The van der Waals surface area contributed by atoms with Crippen molar-refractivity contribution < 1.29 is 9.59 Å². The van der Waals surface area contributed by atoms with E-state index in [1.54, 1.807) is 11.6 Å². The van der Waals surface area contributed by atoms with Crippen LogP contribution in [0.3, 0.4) is 0 Å². The van der Waals surface area contributed by atoms with Crippen LogP contribution in [0.15, 0.2) is 23.7 Å². The topological polar surface area (TPSA) is 84.0 Å². The summed E-state index contributed by atoms with van der Waals surface area (Å²) in [5, 5.41) is 7.31. The number of nitrogens with zero attached hydrogens (tertiary/aromatic N) is 2. The van der Waals surface area contributed by atoms with Crippen LogP contribution in [0, 0.1) is 6.92 Å². The highest BCUT2D eigenvalue weighted by molar-refractivity contribution is 7.14. The third-order valence-corrected chi connectivity index (χ3v) is 3.20. The minimum atomic E-state index is -0.279. The van der Waals surface area contributed by atoms with E-state index in [-0.39, 0.29) is 11.8 Å². The van der Waals surface area contributed by atoms with Gasteiger partial charge in [0.2, 0.25) is 5.91 Å². The Bertz CT molecular complexity index is 622. The van der Waals surface area contributed by atoms with Crippen LogP contribution in [0.25, 0.3) is 0 Å². The fourth-order valence-corrected chi connectivity index (χ4v) is 2.20. The molecule has 0 spiro atoms. The Balaban J connectivity index is 1.93. The molecule has 2 heterocycles. The van der Waals surface area contributed by atoms with E-state index in [1.807, 2.05) is 19.1 Å². The van der Waals surface area contributed by atoms with Crippen LogP contribution in [0.1, 0.15) is 28.7 Å². The van der Waals surface area contributed by atoms with Crippen LogP contribution in [0.2, 0.25) is 0 Å². The molecule has 0 atom stereocenters. The first-order chi connectivity index (χ1) is 9.54. The van der Waals surface area contributed by atoms with Gasteiger partial charge in [0.15, 0.2) is 5.13 Å². The number of nitrogens with one attached hydrogen (secondary N) is 2. The van der Waals surface area contributed by atoms with Gasteiger partial charge >= 0.3 is 0 Å². The molecule has 0 saturated heterocycles. The molecule has 20 heavy (non-hydrogen) atoms. The first-order valence-corrected chi connectivity index (χ1v) is 6.85. The molecule has 2 aromatic rings. The number of aromatic nitrogens is 2. The number of amides is 2. The standard InChI is InChI=1S/C13H14N4O2S/c1-8-3-4-10(5-14-8)6-15-12(19)11-7-20-13(17-11)16-9(2)18/h3-5,7H,6H2,1-2H3,(H,15,19)(H,16,17,18). The van der Waals surface area contributed by atoms with E-state index in [0.29, 0.717) is 17.4 Å². The second-order valence-corrected chi connectivity index (χ2v) is 5.07. The molecule has 0 aliphatic rings. The number of hydrogen-bond donors (Lipinski definition) is 2. The number of pyridine rings is 1. The largest absolute Gasteiger partial charge is 0.347 e. The predicted molar refractivity (Wildman–Crippen MR) is 76.6 cm³/mol. The van der Waals surface area contributed by atoms with Gasteiger partial charge in [-0.3, -0.25) is 14.6 Å². The molecule has 7 heteroatoms. The highest BCUT2D eigenvalue weighted by atomic mass is 32.1. The molecule has 0 aromatic carbocycles. The number of carbonyl (C=O) groups is 2. The molecule has 104 valence electrons. The lowest BCUT2D eigenvalue weighted by molar-refractivity contribution is -0.114. The van der Waals surface area contributed by atoms with Crippen molar-refractivity contribution in [3.63, 3.8) is 0 Å². The lowest BCUT2D eigenvalue weighted by Gasteiger charge is -2.03. The van der Waals surface area contributed by atoms with E-state index in [4.69, 9.17) is 0 Å². The fraction of sp³-hybridized carbons (Fsp3) is 0.231. The number of aryl methyl sites for hydroxylation is 1. The summed E-state index contributed by atoms with van der Waals surface area (Å²) < 4.78 is 0. The normalized spacial score (nSPS) is 10.1. The highest BCUT2D eigenvalue weighted by Crippen LogP contribution is 2.15. The zero-order valence-corrected chi connectivity index (χ0v) is 12.0. The molecule has 0 unspecified atom stereocenters. The zero-order chi connectivity index (χ0) is 14.5. The first kappa shape index (κ1) is 14.1. The van der Waals surface area contributed by atoms with E-state index in [9.17, 15) is 9.59 Å². The third kappa shape index (κ3) is 3.86. The maximum absolute atomic E-state index is 11.9. The molecule has 2 rings (SSSR count). The molecule has 6 nitrogen and oxygen atoms in total. The van der Waals surface area contributed by atoms with Crippen LogP contribution in [0.5, 0.6) is 0 Å². The molecule has 2 N–H and O–H groups in total. The van der Waals surface area contributed by atoms with Crippen molar-refractivity contribution in [2.75, 3.05) is 5.32 Å². The van der Waals surface area contributed by atoms with Crippen LogP contribution < -0.4 is 10.6 Å². The molecule has 2 amide bonds. The summed E-state index contributed by atoms with van der Waals surface area (Å²) in [6, 6.07) is 3.80. The SMILES string of the molecule is CC(=O)Nc1nc(C(=O)NCc2ccc(C)nc2)cs1. The lowest BCUT2D eigenvalue weighted by Crippen LogP contribution is -2.23. The Hall–Kier alpha value is -2.28. The Labute approximate surface area is 120 Å². The summed E-state index contributed by atoms with van der Waals surface area (Å²) in [5.74, 6) is -0.490. The molecule has 0 bridgehead atoms. The fourth-order valence-electron chi connectivity index (χ4n) is 1.46. The lowest BCUT2D eigenvalue weighted by atomic mass is 10.2. The van der Waals surface area contributed by atoms with E-state index < -0.39 is 0 Å². The van der Waals surface area contributed by atoms with Gasteiger partial charge in [-0.15, -0.1) is 11.3 Å². The van der Waals surface area contributed by atoms with Crippen molar-refractivity contribution in [2.24, 2.45) is 0 Å². The van der Waals surface area contributed by atoms with Crippen LogP contribution in [0.4, 0.5) is 5.13 Å². The van der Waals surface area contributed by atoms with Crippen LogP contribution in [-0.2, 0) is 11.3 Å². The van der Waals surface area contributed by atoms with E-state index >= 15 is 0 Å². The average molecular weight is 290 g/mol. The second kappa shape index (κ2) is 6.25. The van der Waals surface area contributed by atoms with Crippen molar-refractivity contribution in [1.29, 1.82) is 0 Å². The van der Waals surface area contributed by atoms with Gasteiger partial charge in [0.25, 0.3) is 5.91 Å². The van der Waals surface area contributed by atoms with Gasteiger partial charge in [-0.2, -0.15) is 0 Å². The first-order valence-electron chi connectivity index (χ1n) is 5.97. The minimum absolute atomic E-state index is 0.211. The maximum atomic E-state index is 11.9. The summed E-state index contributed by atoms with van der Waals surface area (Å²) in [6.07, 6.45) is 1.72. The zero-order valence-electron chi connectivity index (χ0n) is 11.1. The van der Waals surface area contributed by atoms with Crippen molar-refractivity contribution in [1.82, 2.24) is 15.3 Å². The summed E-state index contributed by atoms with van der Waals surface area (Å²) in [4.78, 5) is 31.0. The maximum Gasteiger partial charge on any atom is 0.271 e.